The summed E-state index contributed by atoms with van der Waals surface area (Å²) < 4.78 is 17.9. The Morgan fingerprint density at radius 1 is 1.31 bits per heavy atom. The molecule has 1 aromatic carbocycles. The maximum absolute atomic E-state index is 13.4. The summed E-state index contributed by atoms with van der Waals surface area (Å²) in [5, 5.41) is 0. The fourth-order valence-electron chi connectivity index (χ4n) is 1.13. The molecule has 3 nitrogen and oxygen atoms in total. The normalized spacial score (nSPS) is 11.9. The Morgan fingerprint density at radius 2 is 1.94 bits per heavy atom. The standard InChI is InChI=1S/C12H13FO3/c1-2-8-16-12(15)10(13)11(14)9-6-4-3-5-7-9/h3-7,10H,2,8H2,1H3. The van der Waals surface area contributed by atoms with Crippen LogP contribution < -0.4 is 0 Å². The second kappa shape index (κ2) is 6.00. The molecule has 0 radical (unpaired) electrons. The molecule has 1 rings (SSSR count). The zero-order valence-electron chi connectivity index (χ0n) is 8.98. The maximum Gasteiger partial charge on any atom is 0.349 e. The minimum atomic E-state index is -2.23. The molecule has 0 saturated carbocycles. The zero-order chi connectivity index (χ0) is 12.0. The molecule has 0 saturated heterocycles. The second-order valence-corrected chi connectivity index (χ2v) is 3.26. The number of esters is 1. The third kappa shape index (κ3) is 3.15. The van der Waals surface area contributed by atoms with E-state index >= 15 is 0 Å². The molecule has 0 fully saturated rings. The minimum Gasteiger partial charge on any atom is -0.463 e. The molecular formula is C12H13FO3. The van der Waals surface area contributed by atoms with Gasteiger partial charge in [0.2, 0.25) is 5.78 Å². The van der Waals surface area contributed by atoms with E-state index in [-0.39, 0.29) is 12.2 Å². The molecule has 16 heavy (non-hydrogen) atoms. The molecule has 1 unspecified atom stereocenters. The molecule has 0 aliphatic rings. The highest BCUT2D eigenvalue weighted by Gasteiger charge is 2.28. The predicted octanol–water partition coefficient (Wildman–Crippen LogP) is 2.16. The van der Waals surface area contributed by atoms with Gasteiger partial charge in [0.1, 0.15) is 0 Å². The highest BCUT2D eigenvalue weighted by molar-refractivity contribution is 6.10. The van der Waals surface area contributed by atoms with Gasteiger partial charge in [-0.15, -0.1) is 0 Å². The highest BCUT2D eigenvalue weighted by atomic mass is 19.1. The average Bonchev–Trinajstić information content (AvgIpc) is 2.35. The van der Waals surface area contributed by atoms with Crippen LogP contribution >= 0.6 is 0 Å². The first-order valence-electron chi connectivity index (χ1n) is 5.06. The van der Waals surface area contributed by atoms with Crippen molar-refractivity contribution in [2.24, 2.45) is 0 Å². The van der Waals surface area contributed by atoms with E-state index in [1.165, 1.54) is 12.1 Å². The largest absolute Gasteiger partial charge is 0.463 e. The van der Waals surface area contributed by atoms with Crippen LogP contribution in [0.5, 0.6) is 0 Å². The van der Waals surface area contributed by atoms with Crippen molar-refractivity contribution in [3.05, 3.63) is 35.9 Å². The van der Waals surface area contributed by atoms with E-state index in [9.17, 15) is 14.0 Å². The van der Waals surface area contributed by atoms with Gasteiger partial charge in [0.05, 0.1) is 6.61 Å². The van der Waals surface area contributed by atoms with Crippen molar-refractivity contribution in [3.8, 4) is 0 Å². The van der Waals surface area contributed by atoms with Crippen LogP contribution in [0.25, 0.3) is 0 Å². The van der Waals surface area contributed by atoms with E-state index in [4.69, 9.17) is 0 Å². The van der Waals surface area contributed by atoms with Crippen LogP contribution in [0.3, 0.4) is 0 Å². The Labute approximate surface area is 93.2 Å². The summed E-state index contributed by atoms with van der Waals surface area (Å²) in [6.45, 7) is 1.92. The topological polar surface area (TPSA) is 43.4 Å². The lowest BCUT2D eigenvalue weighted by molar-refractivity contribution is -0.147. The monoisotopic (exact) mass is 224 g/mol. The predicted molar refractivity (Wildman–Crippen MR) is 56.9 cm³/mol. The SMILES string of the molecule is CCCOC(=O)C(F)C(=O)c1ccccc1. The summed E-state index contributed by atoms with van der Waals surface area (Å²) in [4.78, 5) is 22.6. The lowest BCUT2D eigenvalue weighted by Gasteiger charge is -2.07. The van der Waals surface area contributed by atoms with Gasteiger partial charge in [-0.3, -0.25) is 4.79 Å². The summed E-state index contributed by atoms with van der Waals surface area (Å²) in [6, 6.07) is 7.85. The zero-order valence-corrected chi connectivity index (χ0v) is 8.98. The van der Waals surface area contributed by atoms with E-state index in [0.717, 1.165) is 0 Å². The number of rotatable bonds is 5. The molecule has 86 valence electrons. The van der Waals surface area contributed by atoms with Crippen molar-refractivity contribution in [3.63, 3.8) is 0 Å². The summed E-state index contributed by atoms with van der Waals surface area (Å²) in [5.41, 5.74) is 0.170. The third-order valence-electron chi connectivity index (χ3n) is 1.94. The van der Waals surface area contributed by atoms with Crippen LogP contribution in [0.2, 0.25) is 0 Å². The van der Waals surface area contributed by atoms with E-state index in [2.05, 4.69) is 4.74 Å². The van der Waals surface area contributed by atoms with Crippen molar-refractivity contribution in [2.45, 2.75) is 19.5 Å². The smallest absolute Gasteiger partial charge is 0.349 e. The lowest BCUT2D eigenvalue weighted by Crippen LogP contribution is -2.28. The third-order valence-corrected chi connectivity index (χ3v) is 1.94. The molecule has 0 N–H and O–H groups in total. The number of carbonyl (C=O) groups excluding carboxylic acids is 2. The van der Waals surface area contributed by atoms with Crippen molar-refractivity contribution in [1.29, 1.82) is 0 Å². The molecule has 1 atom stereocenters. The molecular weight excluding hydrogens is 211 g/mol. The summed E-state index contributed by atoms with van der Waals surface area (Å²) >= 11 is 0. The van der Waals surface area contributed by atoms with Gasteiger partial charge in [-0.2, -0.15) is 0 Å². The second-order valence-electron chi connectivity index (χ2n) is 3.26. The highest BCUT2D eigenvalue weighted by Crippen LogP contribution is 2.07. The van der Waals surface area contributed by atoms with Gasteiger partial charge in [0, 0.05) is 5.56 Å². The first kappa shape index (κ1) is 12.4. The minimum absolute atomic E-state index is 0.126. The Bertz CT molecular complexity index is 362. The molecule has 0 aromatic heterocycles. The Hall–Kier alpha value is -1.71. The van der Waals surface area contributed by atoms with Gasteiger partial charge in [-0.1, -0.05) is 37.3 Å². The number of hydrogen-bond acceptors (Lipinski definition) is 3. The summed E-state index contributed by atoms with van der Waals surface area (Å²) in [7, 11) is 0. The van der Waals surface area contributed by atoms with Crippen LogP contribution in [-0.2, 0) is 9.53 Å². The van der Waals surface area contributed by atoms with Crippen molar-refractivity contribution in [2.75, 3.05) is 6.61 Å². The Kier molecular flexibility index (Phi) is 4.64. The Morgan fingerprint density at radius 3 is 2.50 bits per heavy atom. The lowest BCUT2D eigenvalue weighted by atomic mass is 10.1. The number of ketones is 1. The van der Waals surface area contributed by atoms with Gasteiger partial charge < -0.3 is 4.74 Å². The molecule has 0 spiro atoms. The molecule has 0 bridgehead atoms. The van der Waals surface area contributed by atoms with E-state index in [1.807, 2.05) is 0 Å². The number of carbonyl (C=O) groups is 2. The van der Waals surface area contributed by atoms with Crippen LogP contribution in [0.4, 0.5) is 4.39 Å². The van der Waals surface area contributed by atoms with Crippen LogP contribution in [0, 0.1) is 0 Å². The molecule has 0 aliphatic heterocycles. The number of Topliss-reactive ketones (excluding diaryl/α,β-unsaturated/α-hetero) is 1. The number of benzene rings is 1. The van der Waals surface area contributed by atoms with Crippen molar-refractivity contribution < 1.29 is 18.7 Å². The Balaban J connectivity index is 2.64. The number of hydrogen-bond donors (Lipinski definition) is 0. The van der Waals surface area contributed by atoms with Crippen molar-refractivity contribution in [1.82, 2.24) is 0 Å². The summed E-state index contributed by atoms with van der Waals surface area (Å²) in [5.74, 6) is -1.97. The fraction of sp³-hybridized carbons (Fsp3) is 0.333. The first-order chi connectivity index (χ1) is 7.66. The first-order valence-corrected chi connectivity index (χ1v) is 5.06. The number of alkyl halides is 1. The van der Waals surface area contributed by atoms with Crippen LogP contribution in [0.15, 0.2) is 30.3 Å². The maximum atomic E-state index is 13.4. The van der Waals surface area contributed by atoms with E-state index in [1.54, 1.807) is 25.1 Å². The van der Waals surface area contributed by atoms with Gasteiger partial charge in [-0.05, 0) is 6.42 Å². The average molecular weight is 224 g/mol. The summed E-state index contributed by atoms with van der Waals surface area (Å²) in [6.07, 6.45) is -1.63. The van der Waals surface area contributed by atoms with Gasteiger partial charge in [0.15, 0.2) is 0 Å². The van der Waals surface area contributed by atoms with E-state index < -0.39 is 17.9 Å². The number of halogens is 1. The molecule has 0 aliphatic carbocycles. The molecule has 1 aromatic rings. The van der Waals surface area contributed by atoms with Crippen LogP contribution in [0.1, 0.15) is 23.7 Å². The molecule has 0 heterocycles. The quantitative estimate of drug-likeness (QED) is 0.437. The van der Waals surface area contributed by atoms with Crippen LogP contribution in [-0.4, -0.2) is 24.5 Å². The van der Waals surface area contributed by atoms with E-state index in [0.29, 0.717) is 6.42 Å². The van der Waals surface area contributed by atoms with Crippen molar-refractivity contribution >= 4 is 11.8 Å². The van der Waals surface area contributed by atoms with Gasteiger partial charge >= 0.3 is 5.97 Å². The molecule has 4 heteroatoms. The number of ether oxygens (including phenoxy) is 1. The molecule has 0 amide bonds. The fourth-order valence-corrected chi connectivity index (χ4v) is 1.13. The van der Waals surface area contributed by atoms with Gasteiger partial charge in [-0.25, -0.2) is 9.18 Å². The van der Waals surface area contributed by atoms with Gasteiger partial charge in [0.25, 0.3) is 6.17 Å².